The van der Waals surface area contributed by atoms with E-state index < -0.39 is 0 Å². The average Bonchev–Trinajstić information content (AvgIpc) is 2.05. The molecular weight excluding hydrogens is 155 g/mol. The molecule has 0 fully saturated rings. The zero-order valence-electron chi connectivity index (χ0n) is 7.30. The van der Waals surface area contributed by atoms with Crippen molar-refractivity contribution in [3.63, 3.8) is 0 Å². The molecule has 1 unspecified atom stereocenters. The molecule has 0 aliphatic carbocycles. The van der Waals surface area contributed by atoms with Crippen LogP contribution in [0.25, 0.3) is 0 Å². The van der Waals surface area contributed by atoms with E-state index in [4.69, 9.17) is 4.74 Å². The maximum absolute atomic E-state index is 12.9. The molecule has 0 heterocycles. The molecule has 0 bridgehead atoms. The molecule has 1 rings (SSSR count). The largest absolute Gasteiger partial charge is 0.494 e. The van der Waals surface area contributed by atoms with Crippen molar-refractivity contribution in [3.05, 3.63) is 36.5 Å². The van der Waals surface area contributed by atoms with Gasteiger partial charge in [0.25, 0.3) is 0 Å². The molecule has 0 aliphatic heterocycles. The molecule has 0 N–H and O–H groups in total. The fraction of sp³-hybridized carbons (Fsp3) is 0.300. The minimum Gasteiger partial charge on any atom is -0.494 e. The summed E-state index contributed by atoms with van der Waals surface area (Å²) in [6, 6.07) is 4.79. The minimum atomic E-state index is -0.332. The first kappa shape index (κ1) is 9.04. The van der Waals surface area contributed by atoms with E-state index in [1.807, 2.05) is 6.92 Å². The Bertz CT molecular complexity index is 269. The third-order valence-corrected chi connectivity index (χ3v) is 1.74. The van der Waals surface area contributed by atoms with Gasteiger partial charge in [-0.1, -0.05) is 13.0 Å². The van der Waals surface area contributed by atoms with Gasteiger partial charge < -0.3 is 4.74 Å². The topological polar surface area (TPSA) is 9.23 Å². The lowest BCUT2D eigenvalue weighted by atomic mass is 10.0. The normalized spacial score (nSPS) is 10.4. The molecule has 0 aliphatic rings. The predicted octanol–water partition coefficient (Wildman–Crippen LogP) is 2.77. The van der Waals surface area contributed by atoms with Crippen LogP contribution in [0.15, 0.2) is 18.2 Å². The minimum absolute atomic E-state index is 0.152. The summed E-state index contributed by atoms with van der Waals surface area (Å²) in [5.41, 5.74) is 0.980. The van der Waals surface area contributed by atoms with Gasteiger partial charge in [-0.05, 0) is 30.5 Å². The van der Waals surface area contributed by atoms with Crippen LogP contribution in [0.5, 0.6) is 5.75 Å². The lowest BCUT2D eigenvalue weighted by molar-refractivity contribution is 0.386. The highest BCUT2D eigenvalue weighted by Crippen LogP contribution is 2.22. The van der Waals surface area contributed by atoms with Crippen LogP contribution in [0.1, 0.15) is 18.4 Å². The van der Waals surface area contributed by atoms with Gasteiger partial charge >= 0.3 is 0 Å². The lowest BCUT2D eigenvalue weighted by Crippen LogP contribution is -1.92. The van der Waals surface area contributed by atoms with Crippen LogP contribution in [0.3, 0.4) is 0 Å². The van der Waals surface area contributed by atoms with E-state index in [-0.39, 0.29) is 17.5 Å². The number of methoxy groups -OCH3 is 1. The Labute approximate surface area is 72.2 Å². The molecule has 0 aromatic heterocycles. The number of ether oxygens (including phenoxy) is 1. The van der Waals surface area contributed by atoms with Crippen LogP contribution < -0.4 is 4.74 Å². The van der Waals surface area contributed by atoms with Crippen molar-refractivity contribution >= 4 is 0 Å². The van der Waals surface area contributed by atoms with E-state index >= 15 is 0 Å². The Balaban J connectivity index is 3.05. The van der Waals surface area contributed by atoms with Gasteiger partial charge in [-0.3, -0.25) is 0 Å². The zero-order chi connectivity index (χ0) is 9.14. The maximum Gasteiger partial charge on any atom is 0.165 e. The Morgan fingerprint density at radius 3 is 2.67 bits per heavy atom. The van der Waals surface area contributed by atoms with Gasteiger partial charge in [0.15, 0.2) is 11.6 Å². The third-order valence-electron chi connectivity index (χ3n) is 1.74. The average molecular weight is 167 g/mol. The second kappa shape index (κ2) is 3.57. The molecule has 1 aromatic carbocycles. The van der Waals surface area contributed by atoms with Crippen molar-refractivity contribution < 1.29 is 9.13 Å². The van der Waals surface area contributed by atoms with Gasteiger partial charge in [0.05, 0.1) is 7.11 Å². The molecular formula is C10H12FO. The highest BCUT2D eigenvalue weighted by Gasteiger charge is 2.05. The van der Waals surface area contributed by atoms with E-state index in [1.54, 1.807) is 12.1 Å². The van der Waals surface area contributed by atoms with Gasteiger partial charge in [0, 0.05) is 0 Å². The van der Waals surface area contributed by atoms with Crippen LogP contribution in [0, 0.1) is 12.7 Å². The lowest BCUT2D eigenvalue weighted by Gasteiger charge is -2.07. The molecule has 0 spiro atoms. The molecule has 12 heavy (non-hydrogen) atoms. The monoisotopic (exact) mass is 167 g/mol. The Kier molecular flexibility index (Phi) is 2.69. The molecule has 0 saturated heterocycles. The van der Waals surface area contributed by atoms with Gasteiger partial charge in [-0.2, -0.15) is 0 Å². The molecule has 0 saturated carbocycles. The fourth-order valence-electron chi connectivity index (χ4n) is 0.983. The number of hydrogen-bond acceptors (Lipinski definition) is 1. The second-order valence-corrected chi connectivity index (χ2v) is 2.80. The third kappa shape index (κ3) is 1.76. The van der Waals surface area contributed by atoms with Crippen LogP contribution in [0.2, 0.25) is 0 Å². The maximum atomic E-state index is 12.9. The standard InChI is InChI=1S/C10H12FO/c1-7(2)8-4-5-9(11)10(6-8)12-3/h4-7H,1H2,2-3H3. The number of rotatable bonds is 2. The first-order valence-electron chi connectivity index (χ1n) is 3.81. The SMILES string of the molecule is [CH2]C(C)c1ccc(F)c(OC)c1. The molecule has 65 valence electrons. The van der Waals surface area contributed by atoms with Gasteiger partial charge in [-0.15, -0.1) is 0 Å². The zero-order valence-corrected chi connectivity index (χ0v) is 7.30. The highest BCUT2D eigenvalue weighted by molar-refractivity contribution is 5.32. The summed E-state index contributed by atoms with van der Waals surface area (Å²) < 4.78 is 17.7. The first-order chi connectivity index (χ1) is 5.65. The van der Waals surface area contributed by atoms with Crippen molar-refractivity contribution in [3.8, 4) is 5.75 Å². The van der Waals surface area contributed by atoms with Crippen molar-refractivity contribution in [2.45, 2.75) is 12.8 Å². The summed E-state index contributed by atoms with van der Waals surface area (Å²) in [6.45, 7) is 5.79. The van der Waals surface area contributed by atoms with Crippen molar-refractivity contribution in [1.29, 1.82) is 0 Å². The van der Waals surface area contributed by atoms with E-state index in [0.29, 0.717) is 0 Å². The van der Waals surface area contributed by atoms with Crippen LogP contribution in [-0.4, -0.2) is 7.11 Å². The Morgan fingerprint density at radius 1 is 1.50 bits per heavy atom. The summed E-state index contributed by atoms with van der Waals surface area (Å²) >= 11 is 0. The van der Waals surface area contributed by atoms with E-state index in [0.717, 1.165) is 5.56 Å². The molecule has 1 nitrogen and oxygen atoms in total. The van der Waals surface area contributed by atoms with E-state index in [2.05, 4.69) is 6.92 Å². The summed E-state index contributed by atoms with van der Waals surface area (Å²) in [4.78, 5) is 0. The van der Waals surface area contributed by atoms with E-state index in [9.17, 15) is 4.39 Å². The Morgan fingerprint density at radius 2 is 2.17 bits per heavy atom. The number of benzene rings is 1. The highest BCUT2D eigenvalue weighted by atomic mass is 19.1. The smallest absolute Gasteiger partial charge is 0.165 e. The molecule has 1 radical (unpaired) electrons. The predicted molar refractivity (Wildman–Crippen MR) is 46.7 cm³/mol. The molecule has 1 aromatic rings. The number of hydrogen-bond donors (Lipinski definition) is 0. The number of halogens is 1. The van der Waals surface area contributed by atoms with Crippen molar-refractivity contribution in [2.75, 3.05) is 7.11 Å². The van der Waals surface area contributed by atoms with Gasteiger partial charge in [0.1, 0.15) is 0 Å². The summed E-state index contributed by atoms with van der Waals surface area (Å²) in [5, 5.41) is 0. The fourth-order valence-corrected chi connectivity index (χ4v) is 0.983. The van der Waals surface area contributed by atoms with E-state index in [1.165, 1.54) is 13.2 Å². The molecule has 1 atom stereocenters. The summed E-state index contributed by atoms with van der Waals surface area (Å²) in [7, 11) is 1.45. The van der Waals surface area contributed by atoms with Gasteiger partial charge in [0.2, 0.25) is 0 Å². The molecule has 0 amide bonds. The van der Waals surface area contributed by atoms with Crippen LogP contribution in [0.4, 0.5) is 4.39 Å². The van der Waals surface area contributed by atoms with Crippen LogP contribution >= 0.6 is 0 Å². The van der Waals surface area contributed by atoms with Crippen molar-refractivity contribution in [1.82, 2.24) is 0 Å². The van der Waals surface area contributed by atoms with Gasteiger partial charge in [-0.25, -0.2) is 4.39 Å². The summed E-state index contributed by atoms with van der Waals surface area (Å²) in [6.07, 6.45) is 0. The quantitative estimate of drug-likeness (QED) is 0.658. The summed E-state index contributed by atoms with van der Waals surface area (Å²) in [5.74, 6) is 0.101. The van der Waals surface area contributed by atoms with Crippen LogP contribution in [-0.2, 0) is 0 Å². The first-order valence-corrected chi connectivity index (χ1v) is 3.81. The van der Waals surface area contributed by atoms with Crippen molar-refractivity contribution in [2.24, 2.45) is 0 Å². The Hall–Kier alpha value is -1.05. The molecule has 2 heteroatoms. The second-order valence-electron chi connectivity index (χ2n) is 2.80.